The molecule has 0 saturated heterocycles. The lowest BCUT2D eigenvalue weighted by Crippen LogP contribution is -2.30. The Morgan fingerprint density at radius 3 is 2.09 bits per heavy atom. The fourth-order valence-corrected chi connectivity index (χ4v) is 1.90. The summed E-state index contributed by atoms with van der Waals surface area (Å²) in [5.41, 5.74) is 0.437. The Morgan fingerprint density at radius 2 is 1.55 bits per heavy atom. The molecule has 0 saturated carbocycles. The van der Waals surface area contributed by atoms with Crippen LogP contribution in [-0.4, -0.2) is 25.5 Å². The fraction of sp³-hybridized carbons (Fsp3) is 0.125. The van der Waals surface area contributed by atoms with Crippen molar-refractivity contribution in [3.8, 4) is 11.5 Å². The predicted molar refractivity (Wildman–Crippen MR) is 85.0 cm³/mol. The number of hydrogen-bond donors (Lipinski definition) is 1. The molecule has 0 aromatic heterocycles. The number of carbonyl (C=O) groups excluding carboxylic acids is 2. The smallest absolute Gasteiger partial charge is 0.325 e. The van der Waals surface area contributed by atoms with Gasteiger partial charge in [-0.25, -0.2) is 0 Å². The first-order valence-corrected chi connectivity index (χ1v) is 7.26. The number of rotatable bonds is 5. The maximum absolute atomic E-state index is 11.8. The van der Waals surface area contributed by atoms with E-state index < -0.39 is 5.97 Å². The normalized spacial score (nSPS) is 9.91. The Morgan fingerprint density at radius 1 is 1.00 bits per heavy atom. The van der Waals surface area contributed by atoms with E-state index in [4.69, 9.17) is 4.74 Å². The zero-order valence-corrected chi connectivity index (χ0v) is 13.4. The van der Waals surface area contributed by atoms with Gasteiger partial charge in [-0.1, -0.05) is 15.9 Å². The molecule has 0 heterocycles. The summed E-state index contributed by atoms with van der Waals surface area (Å²) in [6.45, 7) is -0.160. The molecule has 2 aromatic carbocycles. The van der Waals surface area contributed by atoms with Gasteiger partial charge in [-0.3, -0.25) is 9.59 Å². The molecular formula is C16H14BrNO4. The van der Waals surface area contributed by atoms with Crippen molar-refractivity contribution in [3.63, 3.8) is 0 Å². The van der Waals surface area contributed by atoms with Gasteiger partial charge in [0.15, 0.2) is 0 Å². The van der Waals surface area contributed by atoms with Gasteiger partial charge in [0.2, 0.25) is 0 Å². The summed E-state index contributed by atoms with van der Waals surface area (Å²) in [7, 11) is 1.27. The highest BCUT2D eigenvalue weighted by molar-refractivity contribution is 9.10. The molecule has 0 unspecified atom stereocenters. The molecule has 2 aromatic rings. The third-order valence-corrected chi connectivity index (χ3v) is 3.32. The summed E-state index contributed by atoms with van der Waals surface area (Å²) < 4.78 is 11.1. The van der Waals surface area contributed by atoms with Crippen molar-refractivity contribution >= 4 is 27.8 Å². The van der Waals surface area contributed by atoms with E-state index in [-0.39, 0.29) is 12.5 Å². The predicted octanol–water partition coefficient (Wildman–Crippen LogP) is 3.14. The van der Waals surface area contributed by atoms with Gasteiger partial charge in [0.05, 0.1) is 7.11 Å². The minimum atomic E-state index is -0.497. The van der Waals surface area contributed by atoms with Crippen molar-refractivity contribution < 1.29 is 19.1 Å². The minimum absolute atomic E-state index is 0.160. The monoisotopic (exact) mass is 363 g/mol. The maximum atomic E-state index is 11.8. The summed E-state index contributed by atoms with van der Waals surface area (Å²) in [5.74, 6) is 0.474. The van der Waals surface area contributed by atoms with Crippen molar-refractivity contribution in [1.82, 2.24) is 5.32 Å². The third-order valence-electron chi connectivity index (χ3n) is 2.79. The van der Waals surface area contributed by atoms with Gasteiger partial charge in [-0.15, -0.1) is 0 Å². The Hall–Kier alpha value is -2.34. The number of nitrogens with one attached hydrogen (secondary N) is 1. The lowest BCUT2D eigenvalue weighted by atomic mass is 10.2. The van der Waals surface area contributed by atoms with E-state index in [1.807, 2.05) is 24.3 Å². The van der Waals surface area contributed by atoms with Crippen molar-refractivity contribution in [1.29, 1.82) is 0 Å². The van der Waals surface area contributed by atoms with Crippen LogP contribution in [0.15, 0.2) is 53.0 Å². The van der Waals surface area contributed by atoms with Gasteiger partial charge in [-0.05, 0) is 48.5 Å². The molecule has 114 valence electrons. The highest BCUT2D eigenvalue weighted by atomic mass is 79.9. The van der Waals surface area contributed by atoms with E-state index in [1.165, 1.54) is 7.11 Å². The van der Waals surface area contributed by atoms with Crippen molar-refractivity contribution in [2.75, 3.05) is 13.7 Å². The number of carbonyl (C=O) groups is 2. The average Bonchev–Trinajstić information content (AvgIpc) is 2.55. The summed E-state index contributed by atoms with van der Waals surface area (Å²) in [5, 5.41) is 2.47. The van der Waals surface area contributed by atoms with Crippen LogP contribution in [0, 0.1) is 0 Å². The van der Waals surface area contributed by atoms with E-state index in [2.05, 4.69) is 26.0 Å². The number of methoxy groups -OCH3 is 1. The second kappa shape index (κ2) is 7.61. The van der Waals surface area contributed by atoms with E-state index in [0.29, 0.717) is 17.1 Å². The fourth-order valence-electron chi connectivity index (χ4n) is 1.64. The third kappa shape index (κ3) is 4.60. The van der Waals surface area contributed by atoms with Crippen molar-refractivity contribution in [3.05, 3.63) is 58.6 Å². The summed E-state index contributed by atoms with van der Waals surface area (Å²) in [6, 6.07) is 14.1. The SMILES string of the molecule is COC(=O)CNC(=O)c1ccc(Oc2ccc(Br)cc2)cc1. The van der Waals surface area contributed by atoms with Crippen LogP contribution in [0.1, 0.15) is 10.4 Å². The zero-order chi connectivity index (χ0) is 15.9. The molecule has 0 aliphatic rings. The first-order valence-electron chi connectivity index (χ1n) is 6.47. The molecule has 2 rings (SSSR count). The molecular weight excluding hydrogens is 350 g/mol. The Bertz CT molecular complexity index is 653. The Labute approximate surface area is 136 Å². The van der Waals surface area contributed by atoms with Gasteiger partial charge < -0.3 is 14.8 Å². The van der Waals surface area contributed by atoms with E-state index in [0.717, 1.165) is 4.47 Å². The van der Waals surface area contributed by atoms with Gasteiger partial charge in [0, 0.05) is 10.0 Å². The second-order valence-electron chi connectivity index (χ2n) is 4.34. The summed E-state index contributed by atoms with van der Waals surface area (Å²) in [4.78, 5) is 22.8. The van der Waals surface area contributed by atoms with Crippen LogP contribution >= 0.6 is 15.9 Å². The summed E-state index contributed by atoms with van der Waals surface area (Å²) in [6.07, 6.45) is 0. The highest BCUT2D eigenvalue weighted by Gasteiger charge is 2.08. The lowest BCUT2D eigenvalue weighted by Gasteiger charge is -2.07. The number of benzene rings is 2. The molecule has 0 aliphatic heterocycles. The average molecular weight is 364 g/mol. The van der Waals surface area contributed by atoms with E-state index >= 15 is 0 Å². The quantitative estimate of drug-likeness (QED) is 0.828. The molecule has 0 radical (unpaired) electrons. The summed E-state index contributed by atoms with van der Waals surface area (Å²) >= 11 is 3.35. The molecule has 22 heavy (non-hydrogen) atoms. The first kappa shape index (κ1) is 16.0. The van der Waals surface area contributed by atoms with Gasteiger partial charge in [0.25, 0.3) is 5.91 Å². The standard InChI is InChI=1S/C16H14BrNO4/c1-21-15(19)10-18-16(20)11-2-6-13(7-3-11)22-14-8-4-12(17)5-9-14/h2-9H,10H2,1H3,(H,18,20). The lowest BCUT2D eigenvalue weighted by molar-refractivity contribution is -0.139. The number of ether oxygens (including phenoxy) is 2. The molecule has 1 N–H and O–H groups in total. The van der Waals surface area contributed by atoms with Crippen LogP contribution in [-0.2, 0) is 9.53 Å². The molecule has 5 nitrogen and oxygen atoms in total. The molecule has 0 atom stereocenters. The molecule has 0 fully saturated rings. The number of amides is 1. The van der Waals surface area contributed by atoms with Gasteiger partial charge in [0.1, 0.15) is 18.0 Å². The first-order chi connectivity index (χ1) is 10.6. The van der Waals surface area contributed by atoms with Crippen molar-refractivity contribution in [2.45, 2.75) is 0 Å². The number of halogens is 1. The van der Waals surface area contributed by atoms with Crippen molar-refractivity contribution in [2.24, 2.45) is 0 Å². The molecule has 6 heteroatoms. The number of esters is 1. The Kier molecular flexibility index (Phi) is 5.55. The maximum Gasteiger partial charge on any atom is 0.325 e. The van der Waals surface area contributed by atoms with Crippen LogP contribution in [0.25, 0.3) is 0 Å². The zero-order valence-electron chi connectivity index (χ0n) is 11.8. The van der Waals surface area contributed by atoms with Crippen LogP contribution in [0.5, 0.6) is 11.5 Å². The van der Waals surface area contributed by atoms with Crippen LogP contribution in [0.3, 0.4) is 0 Å². The van der Waals surface area contributed by atoms with Gasteiger partial charge >= 0.3 is 5.97 Å². The molecule has 0 spiro atoms. The molecule has 1 amide bonds. The topological polar surface area (TPSA) is 64.6 Å². The Balaban J connectivity index is 1.96. The largest absolute Gasteiger partial charge is 0.468 e. The van der Waals surface area contributed by atoms with Crippen LogP contribution in [0.2, 0.25) is 0 Å². The molecule has 0 aliphatic carbocycles. The minimum Gasteiger partial charge on any atom is -0.468 e. The second-order valence-corrected chi connectivity index (χ2v) is 5.25. The van der Waals surface area contributed by atoms with E-state index in [1.54, 1.807) is 24.3 Å². The van der Waals surface area contributed by atoms with Crippen LogP contribution < -0.4 is 10.1 Å². The van der Waals surface area contributed by atoms with Crippen LogP contribution in [0.4, 0.5) is 0 Å². The van der Waals surface area contributed by atoms with E-state index in [9.17, 15) is 9.59 Å². The highest BCUT2D eigenvalue weighted by Crippen LogP contribution is 2.23. The number of hydrogen-bond acceptors (Lipinski definition) is 4. The van der Waals surface area contributed by atoms with Gasteiger partial charge in [-0.2, -0.15) is 0 Å². The molecule has 0 bridgehead atoms.